The zero-order valence-electron chi connectivity index (χ0n) is 21.1. The van der Waals surface area contributed by atoms with Gasteiger partial charge in [-0.1, -0.05) is 29.1 Å². The van der Waals surface area contributed by atoms with Gasteiger partial charge < -0.3 is 10.6 Å². The monoisotopic (exact) mass is 570 g/mol. The number of rotatable bonds is 8. The van der Waals surface area contributed by atoms with E-state index in [1.54, 1.807) is 24.3 Å². The van der Waals surface area contributed by atoms with E-state index >= 15 is 0 Å². The first-order valence-corrected chi connectivity index (χ1v) is 14.1. The Labute approximate surface area is 237 Å². The fraction of sp³-hybridized carbons (Fsp3) is 0.308. The van der Waals surface area contributed by atoms with Crippen molar-refractivity contribution < 1.29 is 9.59 Å². The van der Waals surface area contributed by atoms with E-state index in [0.717, 1.165) is 35.7 Å². The quantitative estimate of drug-likeness (QED) is 0.316. The molecule has 2 amide bonds. The molecule has 4 heterocycles. The van der Waals surface area contributed by atoms with Gasteiger partial charge >= 0.3 is 0 Å². The van der Waals surface area contributed by atoms with E-state index in [2.05, 4.69) is 41.0 Å². The molecule has 0 bridgehead atoms. The molecule has 40 heavy (non-hydrogen) atoms. The number of hydrogen-bond acceptors (Lipinski definition) is 12. The Morgan fingerprint density at radius 3 is 1.65 bits per heavy atom. The van der Waals surface area contributed by atoms with Gasteiger partial charge in [-0.15, -0.1) is 20.4 Å². The topological polar surface area (TPSA) is 183 Å². The first-order valence-electron chi connectivity index (χ1n) is 12.5. The van der Waals surface area contributed by atoms with Crippen LogP contribution in [-0.4, -0.2) is 42.2 Å². The molecule has 0 spiro atoms. The van der Waals surface area contributed by atoms with Crippen LogP contribution in [0, 0.1) is 22.7 Å². The van der Waals surface area contributed by atoms with Gasteiger partial charge in [0.05, 0.1) is 24.0 Å². The van der Waals surface area contributed by atoms with Gasteiger partial charge in [0.2, 0.25) is 22.1 Å². The minimum atomic E-state index is -0.250. The smallest absolute Gasteiger partial charge is 0.232 e. The van der Waals surface area contributed by atoms with Crippen LogP contribution in [0.2, 0.25) is 0 Å². The van der Waals surface area contributed by atoms with Crippen molar-refractivity contribution in [3.8, 4) is 12.1 Å². The normalized spacial score (nSPS) is 16.4. The van der Waals surface area contributed by atoms with Crippen LogP contribution in [0.3, 0.4) is 0 Å². The van der Waals surface area contributed by atoms with Gasteiger partial charge in [0.25, 0.3) is 0 Å². The van der Waals surface area contributed by atoms with Gasteiger partial charge in [-0.2, -0.15) is 10.5 Å². The summed E-state index contributed by atoms with van der Waals surface area (Å²) in [5, 5.41) is 42.9. The van der Waals surface area contributed by atoms with E-state index in [9.17, 15) is 9.59 Å². The van der Waals surface area contributed by atoms with E-state index in [4.69, 9.17) is 10.5 Å². The van der Waals surface area contributed by atoms with Crippen molar-refractivity contribution >= 4 is 44.8 Å². The number of aromatic nitrogens is 6. The van der Waals surface area contributed by atoms with E-state index in [1.165, 1.54) is 35.1 Å². The summed E-state index contributed by atoms with van der Waals surface area (Å²) in [5.41, 5.74) is 2.01. The van der Waals surface area contributed by atoms with Gasteiger partial charge in [-0.3, -0.25) is 19.6 Å². The summed E-state index contributed by atoms with van der Waals surface area (Å²) >= 11 is 2.73. The first-order chi connectivity index (χ1) is 19.5. The second kappa shape index (κ2) is 12.5. The molecule has 4 aromatic rings. The summed E-state index contributed by atoms with van der Waals surface area (Å²) in [4.78, 5) is 33.1. The molecule has 2 unspecified atom stereocenters. The molecule has 1 fully saturated rings. The van der Waals surface area contributed by atoms with Crippen LogP contribution in [0.4, 0.5) is 10.3 Å². The Balaban J connectivity index is 1.14. The summed E-state index contributed by atoms with van der Waals surface area (Å²) in [6.07, 6.45) is 6.78. The van der Waals surface area contributed by atoms with Crippen LogP contribution in [0.5, 0.6) is 0 Å². The van der Waals surface area contributed by atoms with Crippen molar-refractivity contribution in [3.05, 3.63) is 69.2 Å². The molecule has 2 atom stereocenters. The molecule has 0 aromatic carbocycles. The fourth-order valence-corrected chi connectivity index (χ4v) is 6.20. The molecule has 200 valence electrons. The number of nitrogens with zero attached hydrogens (tertiary/aromatic N) is 8. The Morgan fingerprint density at radius 1 is 0.775 bits per heavy atom. The van der Waals surface area contributed by atoms with Crippen molar-refractivity contribution in [2.45, 2.75) is 50.4 Å². The van der Waals surface area contributed by atoms with Crippen LogP contribution < -0.4 is 10.6 Å². The first kappa shape index (κ1) is 26.9. The maximum Gasteiger partial charge on any atom is 0.232 e. The predicted octanol–water partition coefficient (Wildman–Crippen LogP) is 3.73. The molecule has 4 aromatic heterocycles. The lowest BCUT2D eigenvalue weighted by atomic mass is 9.82. The Kier molecular flexibility index (Phi) is 8.39. The maximum absolute atomic E-state index is 12.4. The number of amides is 2. The van der Waals surface area contributed by atoms with Gasteiger partial charge in [-0.25, -0.2) is 0 Å². The lowest BCUT2D eigenvalue weighted by Gasteiger charge is -2.25. The van der Waals surface area contributed by atoms with Crippen LogP contribution >= 0.6 is 22.7 Å². The Bertz CT molecular complexity index is 1470. The van der Waals surface area contributed by atoms with Gasteiger partial charge in [0, 0.05) is 35.6 Å². The molecule has 0 aliphatic heterocycles. The zero-order valence-corrected chi connectivity index (χ0v) is 22.7. The van der Waals surface area contributed by atoms with Crippen molar-refractivity contribution in [1.29, 1.82) is 10.5 Å². The van der Waals surface area contributed by atoms with E-state index in [0.29, 0.717) is 32.8 Å². The summed E-state index contributed by atoms with van der Waals surface area (Å²) < 4.78 is 0. The second-order valence-corrected chi connectivity index (χ2v) is 11.2. The molecule has 14 heteroatoms. The van der Waals surface area contributed by atoms with Gasteiger partial charge in [0.1, 0.15) is 22.2 Å². The van der Waals surface area contributed by atoms with E-state index < -0.39 is 0 Å². The van der Waals surface area contributed by atoms with Gasteiger partial charge in [-0.05, 0) is 43.5 Å². The van der Waals surface area contributed by atoms with E-state index in [-0.39, 0.29) is 36.5 Å². The Morgan fingerprint density at radius 2 is 1.25 bits per heavy atom. The average Bonchev–Trinajstić information content (AvgIpc) is 3.64. The lowest BCUT2D eigenvalue weighted by molar-refractivity contribution is -0.116. The highest BCUT2D eigenvalue weighted by atomic mass is 32.1. The number of anilines is 2. The number of carbonyl (C=O) groups excluding carboxylic acids is 2. The van der Waals surface area contributed by atoms with Crippen LogP contribution in [0.1, 0.15) is 70.0 Å². The lowest BCUT2D eigenvalue weighted by Crippen LogP contribution is -2.15. The SMILES string of the molecule is N#Cc1ccc(CC(=O)Nc2nnc(C3CCCC(c4nnc(NC(=O)Cc5ccc(C#N)cn5)s4)C3)s2)nc1. The summed E-state index contributed by atoms with van der Waals surface area (Å²) in [6.45, 7) is 0. The van der Waals surface area contributed by atoms with Crippen LogP contribution in [0.25, 0.3) is 0 Å². The predicted molar refractivity (Wildman–Crippen MR) is 146 cm³/mol. The molecule has 12 nitrogen and oxygen atoms in total. The van der Waals surface area contributed by atoms with Crippen molar-refractivity contribution in [1.82, 2.24) is 30.4 Å². The highest BCUT2D eigenvalue weighted by Gasteiger charge is 2.29. The van der Waals surface area contributed by atoms with E-state index in [1.807, 2.05) is 12.1 Å². The largest absolute Gasteiger partial charge is 0.300 e. The third-order valence-corrected chi connectivity index (χ3v) is 8.34. The number of hydrogen-bond donors (Lipinski definition) is 2. The molecule has 1 aliphatic carbocycles. The average molecular weight is 571 g/mol. The maximum atomic E-state index is 12.4. The summed E-state index contributed by atoms with van der Waals surface area (Å²) in [7, 11) is 0. The summed E-state index contributed by atoms with van der Waals surface area (Å²) in [6, 6.07) is 10.6. The van der Waals surface area contributed by atoms with Crippen molar-refractivity contribution in [2.24, 2.45) is 0 Å². The summed E-state index contributed by atoms with van der Waals surface area (Å²) in [5.74, 6) is -0.127. The number of carbonyl (C=O) groups is 2. The molecule has 5 rings (SSSR count). The zero-order chi connectivity index (χ0) is 27.9. The second-order valence-electron chi connectivity index (χ2n) is 9.20. The molecular weight excluding hydrogens is 548 g/mol. The minimum Gasteiger partial charge on any atom is -0.300 e. The fourth-order valence-electron chi connectivity index (χ4n) is 4.38. The van der Waals surface area contributed by atoms with Crippen LogP contribution in [0.15, 0.2) is 36.7 Å². The molecule has 2 N–H and O–H groups in total. The number of nitriles is 2. The number of nitrogens with one attached hydrogen (secondary N) is 2. The highest BCUT2D eigenvalue weighted by molar-refractivity contribution is 7.15. The van der Waals surface area contributed by atoms with Crippen molar-refractivity contribution in [3.63, 3.8) is 0 Å². The molecular formula is C26H22N10O2S2. The molecule has 1 aliphatic rings. The highest BCUT2D eigenvalue weighted by Crippen LogP contribution is 2.43. The van der Waals surface area contributed by atoms with Gasteiger partial charge in [0.15, 0.2) is 0 Å². The molecule has 0 radical (unpaired) electrons. The minimum absolute atomic E-state index is 0.0754. The van der Waals surface area contributed by atoms with Crippen molar-refractivity contribution in [2.75, 3.05) is 10.6 Å². The number of pyridine rings is 2. The standard InChI is InChI=1S/C26H22N10O2S2/c27-11-15-4-6-19(29-13-15)9-21(37)31-25-35-33-23(39-25)17-2-1-3-18(8-17)24-34-36-26(40-24)32-22(38)10-20-7-5-16(12-28)14-30-20/h4-7,13-14,17-18H,1-3,8-10H2,(H,31,35,37)(H,32,36,38). The Hall–Kier alpha value is -4.66. The third-order valence-electron chi connectivity index (χ3n) is 6.34. The molecule has 1 saturated carbocycles. The molecule has 0 saturated heterocycles. The third kappa shape index (κ3) is 6.85. The van der Waals surface area contributed by atoms with Crippen LogP contribution in [-0.2, 0) is 22.4 Å².